The van der Waals surface area contributed by atoms with E-state index in [1.807, 2.05) is 0 Å². The molecule has 21 heavy (non-hydrogen) atoms. The van der Waals surface area contributed by atoms with Gasteiger partial charge in [0.15, 0.2) is 0 Å². The van der Waals surface area contributed by atoms with E-state index < -0.39 is 0 Å². The van der Waals surface area contributed by atoms with Crippen molar-refractivity contribution >= 4 is 0 Å². The standard InChI is InChI=1S/C18H39N3/c1-3-5-6-7-8-9-10-11-12-13-14-18-20(15-4-2)16-17-21(18)19/h18H,3-17,19H2,1-2H3. The Morgan fingerprint density at radius 2 is 1.33 bits per heavy atom. The number of nitrogens with two attached hydrogens (primary N) is 1. The molecule has 1 rings (SSSR count). The molecule has 1 atom stereocenters. The largest absolute Gasteiger partial charge is 0.286 e. The molecule has 0 aromatic carbocycles. The molecule has 0 bridgehead atoms. The average molecular weight is 298 g/mol. The van der Waals surface area contributed by atoms with E-state index in [-0.39, 0.29) is 0 Å². The fourth-order valence-electron chi connectivity index (χ4n) is 3.46. The van der Waals surface area contributed by atoms with Gasteiger partial charge in [-0.3, -0.25) is 10.7 Å². The summed E-state index contributed by atoms with van der Waals surface area (Å²) in [5.41, 5.74) is 0. The van der Waals surface area contributed by atoms with Gasteiger partial charge in [0.2, 0.25) is 0 Å². The highest BCUT2D eigenvalue weighted by atomic mass is 15.5. The molecule has 0 spiro atoms. The van der Waals surface area contributed by atoms with Gasteiger partial charge in [-0.05, 0) is 19.4 Å². The predicted octanol–water partition coefficient (Wildman–Crippen LogP) is 4.52. The number of hydrogen-bond donors (Lipinski definition) is 1. The Morgan fingerprint density at radius 3 is 1.90 bits per heavy atom. The van der Waals surface area contributed by atoms with Gasteiger partial charge in [-0.25, -0.2) is 5.01 Å². The maximum atomic E-state index is 6.11. The first kappa shape index (κ1) is 18.9. The molecule has 2 N–H and O–H groups in total. The Kier molecular flexibility index (Phi) is 11.2. The van der Waals surface area contributed by atoms with E-state index in [9.17, 15) is 0 Å². The molecule has 0 aliphatic carbocycles. The van der Waals surface area contributed by atoms with Gasteiger partial charge in [0.1, 0.15) is 0 Å². The van der Waals surface area contributed by atoms with Gasteiger partial charge in [-0.15, -0.1) is 0 Å². The summed E-state index contributed by atoms with van der Waals surface area (Å²) < 4.78 is 0. The Morgan fingerprint density at radius 1 is 0.762 bits per heavy atom. The van der Waals surface area contributed by atoms with Gasteiger partial charge in [-0.2, -0.15) is 0 Å². The highest BCUT2D eigenvalue weighted by molar-refractivity contribution is 4.78. The van der Waals surface area contributed by atoms with E-state index in [4.69, 9.17) is 5.84 Å². The van der Waals surface area contributed by atoms with Crippen molar-refractivity contribution in [1.29, 1.82) is 0 Å². The molecular weight excluding hydrogens is 258 g/mol. The van der Waals surface area contributed by atoms with Gasteiger partial charge >= 0.3 is 0 Å². The lowest BCUT2D eigenvalue weighted by Crippen LogP contribution is -2.42. The lowest BCUT2D eigenvalue weighted by atomic mass is 10.1. The van der Waals surface area contributed by atoms with Crippen LogP contribution < -0.4 is 5.84 Å². The number of nitrogens with zero attached hydrogens (tertiary/aromatic N) is 2. The number of rotatable bonds is 13. The second-order valence-corrected chi connectivity index (χ2v) is 6.73. The molecule has 1 aliphatic rings. The minimum atomic E-state index is 0.513. The zero-order valence-electron chi connectivity index (χ0n) is 14.7. The lowest BCUT2D eigenvalue weighted by molar-refractivity contribution is 0.125. The first-order chi connectivity index (χ1) is 10.3. The summed E-state index contributed by atoms with van der Waals surface area (Å²) in [5.74, 6) is 6.11. The van der Waals surface area contributed by atoms with Crippen LogP contribution in [0.3, 0.4) is 0 Å². The summed E-state index contributed by atoms with van der Waals surface area (Å²) in [7, 11) is 0. The van der Waals surface area contributed by atoms with Crippen molar-refractivity contribution in [3.05, 3.63) is 0 Å². The molecule has 1 heterocycles. The summed E-state index contributed by atoms with van der Waals surface area (Å²) in [4.78, 5) is 2.56. The van der Waals surface area contributed by atoms with E-state index in [1.165, 1.54) is 83.6 Å². The van der Waals surface area contributed by atoms with Crippen LogP contribution in [0.1, 0.15) is 90.9 Å². The molecule has 0 radical (unpaired) electrons. The first-order valence-corrected chi connectivity index (χ1v) is 9.55. The van der Waals surface area contributed by atoms with Crippen molar-refractivity contribution in [2.75, 3.05) is 19.6 Å². The van der Waals surface area contributed by atoms with Crippen molar-refractivity contribution in [2.45, 2.75) is 97.1 Å². The monoisotopic (exact) mass is 297 g/mol. The van der Waals surface area contributed by atoms with Crippen molar-refractivity contribution in [3.63, 3.8) is 0 Å². The summed E-state index contributed by atoms with van der Waals surface area (Å²) in [6, 6.07) is 0. The van der Waals surface area contributed by atoms with E-state index >= 15 is 0 Å². The second kappa shape index (κ2) is 12.4. The minimum absolute atomic E-state index is 0.513. The van der Waals surface area contributed by atoms with Crippen LogP contribution in [-0.4, -0.2) is 35.7 Å². The van der Waals surface area contributed by atoms with Crippen LogP contribution in [0, 0.1) is 0 Å². The zero-order valence-corrected chi connectivity index (χ0v) is 14.7. The highest BCUT2D eigenvalue weighted by Gasteiger charge is 2.28. The van der Waals surface area contributed by atoms with Crippen molar-refractivity contribution in [1.82, 2.24) is 9.91 Å². The first-order valence-electron chi connectivity index (χ1n) is 9.55. The van der Waals surface area contributed by atoms with Gasteiger partial charge in [0, 0.05) is 13.1 Å². The molecular formula is C18H39N3. The minimum Gasteiger partial charge on any atom is -0.286 e. The predicted molar refractivity (Wildman–Crippen MR) is 93.0 cm³/mol. The number of hydrogen-bond acceptors (Lipinski definition) is 3. The molecule has 1 unspecified atom stereocenters. The van der Waals surface area contributed by atoms with Crippen LogP contribution in [0.4, 0.5) is 0 Å². The fourth-order valence-corrected chi connectivity index (χ4v) is 3.46. The van der Waals surface area contributed by atoms with Gasteiger partial charge in [0.05, 0.1) is 6.17 Å². The molecule has 126 valence electrons. The van der Waals surface area contributed by atoms with Gasteiger partial charge in [0.25, 0.3) is 0 Å². The number of hydrazine groups is 1. The van der Waals surface area contributed by atoms with Crippen LogP contribution >= 0.6 is 0 Å². The van der Waals surface area contributed by atoms with Crippen molar-refractivity contribution < 1.29 is 0 Å². The van der Waals surface area contributed by atoms with E-state index in [1.54, 1.807) is 0 Å². The van der Waals surface area contributed by atoms with Gasteiger partial charge in [-0.1, -0.05) is 78.1 Å². The molecule has 0 saturated carbocycles. The Balaban J connectivity index is 1.93. The van der Waals surface area contributed by atoms with Gasteiger partial charge < -0.3 is 0 Å². The second-order valence-electron chi connectivity index (χ2n) is 6.73. The average Bonchev–Trinajstić information content (AvgIpc) is 2.82. The summed E-state index contributed by atoms with van der Waals surface area (Å²) in [6.45, 7) is 7.95. The van der Waals surface area contributed by atoms with E-state index in [0.29, 0.717) is 6.17 Å². The maximum Gasteiger partial charge on any atom is 0.0756 e. The molecule has 0 amide bonds. The Bertz CT molecular complexity index is 231. The molecule has 1 fully saturated rings. The lowest BCUT2D eigenvalue weighted by Gasteiger charge is -2.27. The van der Waals surface area contributed by atoms with Crippen LogP contribution in [-0.2, 0) is 0 Å². The van der Waals surface area contributed by atoms with Crippen LogP contribution in [0.25, 0.3) is 0 Å². The normalized spacial score (nSPS) is 20.4. The van der Waals surface area contributed by atoms with Crippen LogP contribution in [0.5, 0.6) is 0 Å². The van der Waals surface area contributed by atoms with E-state index in [0.717, 1.165) is 13.1 Å². The third-order valence-corrected chi connectivity index (χ3v) is 4.78. The summed E-state index contributed by atoms with van der Waals surface area (Å²) in [5, 5.41) is 2.06. The molecule has 0 aromatic heterocycles. The molecule has 0 aromatic rings. The smallest absolute Gasteiger partial charge is 0.0756 e. The third kappa shape index (κ3) is 8.18. The Labute approximate surface area is 133 Å². The quantitative estimate of drug-likeness (QED) is 0.400. The topological polar surface area (TPSA) is 32.5 Å². The molecule has 1 saturated heterocycles. The SMILES string of the molecule is CCCCCCCCCCCCC1N(N)CCN1CCC. The molecule has 1 aliphatic heterocycles. The fraction of sp³-hybridized carbons (Fsp3) is 1.00. The van der Waals surface area contributed by atoms with Crippen molar-refractivity contribution in [3.8, 4) is 0 Å². The van der Waals surface area contributed by atoms with Crippen LogP contribution in [0.15, 0.2) is 0 Å². The summed E-state index contributed by atoms with van der Waals surface area (Å²) in [6.07, 6.45) is 17.1. The highest BCUT2D eigenvalue weighted by Crippen LogP contribution is 2.18. The third-order valence-electron chi connectivity index (χ3n) is 4.78. The summed E-state index contributed by atoms with van der Waals surface area (Å²) >= 11 is 0. The Hall–Kier alpha value is -0.120. The van der Waals surface area contributed by atoms with Crippen LogP contribution in [0.2, 0.25) is 0 Å². The zero-order chi connectivity index (χ0) is 15.3. The van der Waals surface area contributed by atoms with Crippen molar-refractivity contribution in [2.24, 2.45) is 5.84 Å². The number of unbranched alkanes of at least 4 members (excludes halogenated alkanes) is 9. The molecule has 3 heteroatoms. The maximum absolute atomic E-state index is 6.11. The van der Waals surface area contributed by atoms with E-state index in [2.05, 4.69) is 23.8 Å². The molecule has 3 nitrogen and oxygen atoms in total.